The molecule has 0 bridgehead atoms. The highest BCUT2D eigenvalue weighted by Gasteiger charge is 2.25. The van der Waals surface area contributed by atoms with E-state index in [4.69, 9.17) is 24.0 Å². The molecule has 2 heterocycles. The maximum Gasteiger partial charge on any atom is 0.258 e. The van der Waals surface area contributed by atoms with Crippen LogP contribution >= 0.6 is 11.3 Å². The zero-order valence-corrected chi connectivity index (χ0v) is 18.1. The Hall–Kier alpha value is -2.45. The predicted octanol–water partition coefficient (Wildman–Crippen LogP) is 4.59. The first-order valence-corrected chi connectivity index (χ1v) is 10.6. The molecular formula is C21H27N3O4S. The van der Waals surface area contributed by atoms with Gasteiger partial charge in [-0.2, -0.15) is 0 Å². The first-order chi connectivity index (χ1) is 14.2. The summed E-state index contributed by atoms with van der Waals surface area (Å²) in [4.78, 5) is 1.02. The second kappa shape index (κ2) is 8.51. The van der Waals surface area contributed by atoms with Crippen molar-refractivity contribution in [3.05, 3.63) is 23.1 Å². The number of rotatable bonds is 8. The van der Waals surface area contributed by atoms with Crippen molar-refractivity contribution in [3.63, 3.8) is 0 Å². The molecule has 0 radical (unpaired) electrons. The highest BCUT2D eigenvalue weighted by molar-refractivity contribution is 7.16. The van der Waals surface area contributed by atoms with Gasteiger partial charge in [0.05, 0.1) is 39.2 Å². The molecule has 0 aliphatic heterocycles. The van der Waals surface area contributed by atoms with Crippen molar-refractivity contribution in [3.8, 4) is 28.6 Å². The molecule has 7 nitrogen and oxygen atoms in total. The Bertz CT molecular complexity index is 966. The summed E-state index contributed by atoms with van der Waals surface area (Å²) in [6.07, 6.45) is 4.90. The fourth-order valence-corrected chi connectivity index (χ4v) is 4.94. The summed E-state index contributed by atoms with van der Waals surface area (Å²) in [7, 11) is 6.65. The van der Waals surface area contributed by atoms with Gasteiger partial charge in [0, 0.05) is 18.5 Å². The zero-order chi connectivity index (χ0) is 20.4. The lowest BCUT2D eigenvalue weighted by molar-refractivity contribution is 0.184. The van der Waals surface area contributed by atoms with E-state index in [2.05, 4.69) is 10.7 Å². The Morgan fingerprint density at radius 1 is 1.07 bits per heavy atom. The summed E-state index contributed by atoms with van der Waals surface area (Å²) >= 11 is 1.63. The highest BCUT2D eigenvalue weighted by atomic mass is 32.1. The molecule has 29 heavy (non-hydrogen) atoms. The van der Waals surface area contributed by atoms with Gasteiger partial charge in [0.1, 0.15) is 22.0 Å². The molecule has 8 heteroatoms. The number of fused-ring (bicyclic) bond motifs is 1. The Labute approximate surface area is 174 Å². The molecule has 0 unspecified atom stereocenters. The normalized spacial score (nSPS) is 14.5. The first kappa shape index (κ1) is 19.8. The van der Waals surface area contributed by atoms with Gasteiger partial charge in [0.15, 0.2) is 0 Å². The Morgan fingerprint density at radius 3 is 2.34 bits per heavy atom. The smallest absolute Gasteiger partial charge is 0.258 e. The third-order valence-electron chi connectivity index (χ3n) is 5.35. The van der Waals surface area contributed by atoms with Crippen molar-refractivity contribution in [1.29, 1.82) is 0 Å². The molecule has 0 saturated heterocycles. The summed E-state index contributed by atoms with van der Waals surface area (Å²) in [6, 6.07) is 4.42. The largest absolute Gasteiger partial charge is 0.496 e. The van der Waals surface area contributed by atoms with Crippen LogP contribution in [0, 0.1) is 0 Å². The molecule has 0 spiro atoms. The number of ether oxygens (including phenoxy) is 4. The van der Waals surface area contributed by atoms with Crippen LogP contribution in [0.2, 0.25) is 0 Å². The van der Waals surface area contributed by atoms with E-state index in [1.807, 2.05) is 16.6 Å². The molecule has 1 aromatic carbocycles. The van der Waals surface area contributed by atoms with Gasteiger partial charge in [-0.05, 0) is 30.5 Å². The number of nitrogens with zero attached hydrogens (tertiary/aromatic N) is 2. The number of anilines is 1. The Balaban J connectivity index is 1.83. The van der Waals surface area contributed by atoms with Crippen molar-refractivity contribution in [2.75, 3.05) is 33.8 Å². The van der Waals surface area contributed by atoms with E-state index < -0.39 is 0 Å². The van der Waals surface area contributed by atoms with Crippen LogP contribution in [-0.2, 0) is 11.3 Å². The first-order valence-electron chi connectivity index (χ1n) is 9.75. The van der Waals surface area contributed by atoms with Crippen molar-refractivity contribution >= 4 is 21.9 Å². The lowest BCUT2D eigenvalue weighted by Crippen LogP contribution is -2.14. The van der Waals surface area contributed by atoms with E-state index in [-0.39, 0.29) is 0 Å². The van der Waals surface area contributed by atoms with Crippen LogP contribution in [0.25, 0.3) is 16.1 Å². The van der Waals surface area contributed by atoms with E-state index in [0.29, 0.717) is 18.5 Å². The van der Waals surface area contributed by atoms with E-state index in [1.54, 1.807) is 39.8 Å². The average molecular weight is 418 g/mol. The summed E-state index contributed by atoms with van der Waals surface area (Å²) in [6.45, 7) is 0.483. The molecule has 156 valence electrons. The minimum atomic E-state index is 0.472. The van der Waals surface area contributed by atoms with Crippen molar-refractivity contribution in [1.82, 2.24) is 9.61 Å². The maximum atomic E-state index is 5.70. The molecule has 1 aliphatic rings. The number of benzene rings is 1. The number of thiazole rings is 1. The number of aromatic nitrogens is 2. The Kier molecular flexibility index (Phi) is 5.82. The molecule has 1 N–H and O–H groups in total. The molecule has 4 rings (SSSR count). The SMILES string of the molecule is COCc1cc(OC)c(-c2csc3c(NC4CCCC4)c(OC)nn23)c(OC)c1. The van der Waals surface area contributed by atoms with E-state index in [0.717, 1.165) is 38.8 Å². The molecule has 2 aromatic heterocycles. The van der Waals surface area contributed by atoms with Gasteiger partial charge < -0.3 is 24.3 Å². The van der Waals surface area contributed by atoms with Crippen LogP contribution in [0.4, 0.5) is 5.69 Å². The molecule has 3 aromatic rings. The van der Waals surface area contributed by atoms with Crippen LogP contribution in [0.5, 0.6) is 17.4 Å². The van der Waals surface area contributed by atoms with E-state index in [9.17, 15) is 0 Å². The monoisotopic (exact) mass is 417 g/mol. The van der Waals surface area contributed by atoms with E-state index >= 15 is 0 Å². The molecule has 0 atom stereocenters. The number of hydrogen-bond donors (Lipinski definition) is 1. The van der Waals surface area contributed by atoms with Gasteiger partial charge in [-0.3, -0.25) is 0 Å². The summed E-state index contributed by atoms with van der Waals surface area (Å²) in [5.41, 5.74) is 3.71. The van der Waals surface area contributed by atoms with Crippen LogP contribution in [-0.4, -0.2) is 44.1 Å². The van der Waals surface area contributed by atoms with Crippen LogP contribution in [0.1, 0.15) is 31.2 Å². The number of nitrogens with one attached hydrogen (secondary N) is 1. The fraction of sp³-hybridized carbons (Fsp3) is 0.476. The fourth-order valence-electron chi connectivity index (χ4n) is 3.99. The predicted molar refractivity (Wildman–Crippen MR) is 115 cm³/mol. The average Bonchev–Trinajstić information content (AvgIpc) is 3.46. The molecular weight excluding hydrogens is 390 g/mol. The molecule has 0 amide bonds. The third-order valence-corrected chi connectivity index (χ3v) is 6.29. The third kappa shape index (κ3) is 3.62. The number of hydrogen-bond acceptors (Lipinski definition) is 7. The quantitative estimate of drug-likeness (QED) is 0.578. The standard InChI is InChI=1S/C21H27N3O4S/c1-25-11-13-9-16(26-2)18(17(10-13)27-3)15-12-29-21-19(20(28-4)23-24(15)21)22-14-7-5-6-8-14/h9-10,12,14,22H,5-8,11H2,1-4H3. The highest BCUT2D eigenvalue weighted by Crippen LogP contribution is 2.44. The summed E-state index contributed by atoms with van der Waals surface area (Å²) in [5.74, 6) is 2.05. The van der Waals surface area contributed by atoms with Crippen molar-refractivity contribution in [2.24, 2.45) is 0 Å². The van der Waals surface area contributed by atoms with Gasteiger partial charge >= 0.3 is 0 Å². The minimum absolute atomic E-state index is 0.472. The lowest BCUT2D eigenvalue weighted by Gasteiger charge is -2.14. The minimum Gasteiger partial charge on any atom is -0.496 e. The van der Waals surface area contributed by atoms with Crippen molar-refractivity contribution < 1.29 is 18.9 Å². The lowest BCUT2D eigenvalue weighted by atomic mass is 10.1. The molecule has 1 saturated carbocycles. The molecule has 1 aliphatic carbocycles. The van der Waals surface area contributed by atoms with Gasteiger partial charge in [-0.1, -0.05) is 12.8 Å². The van der Waals surface area contributed by atoms with Crippen molar-refractivity contribution in [2.45, 2.75) is 38.3 Å². The zero-order valence-electron chi connectivity index (χ0n) is 17.3. The maximum absolute atomic E-state index is 5.70. The van der Waals surface area contributed by atoms with Gasteiger partial charge in [0.2, 0.25) is 0 Å². The van der Waals surface area contributed by atoms with Gasteiger partial charge in [-0.25, -0.2) is 4.52 Å². The van der Waals surface area contributed by atoms with Crippen LogP contribution in [0.3, 0.4) is 0 Å². The van der Waals surface area contributed by atoms with Crippen LogP contribution < -0.4 is 19.5 Å². The summed E-state index contributed by atoms with van der Waals surface area (Å²) < 4.78 is 24.2. The van der Waals surface area contributed by atoms with Crippen LogP contribution in [0.15, 0.2) is 17.5 Å². The molecule has 1 fully saturated rings. The second-order valence-electron chi connectivity index (χ2n) is 7.16. The number of methoxy groups -OCH3 is 4. The second-order valence-corrected chi connectivity index (χ2v) is 8.01. The van der Waals surface area contributed by atoms with Gasteiger partial charge in [0.25, 0.3) is 5.88 Å². The van der Waals surface area contributed by atoms with E-state index in [1.165, 1.54) is 25.7 Å². The van der Waals surface area contributed by atoms with Gasteiger partial charge in [-0.15, -0.1) is 16.4 Å². The Morgan fingerprint density at radius 2 is 1.76 bits per heavy atom. The summed E-state index contributed by atoms with van der Waals surface area (Å²) in [5, 5.41) is 10.5. The topological polar surface area (TPSA) is 66.2 Å².